The summed E-state index contributed by atoms with van der Waals surface area (Å²) in [6.07, 6.45) is 1.69. The van der Waals surface area contributed by atoms with Crippen LogP contribution in [0.4, 0.5) is 0 Å². The number of esters is 1. The molecule has 1 aromatic heterocycles. The standard InChI is InChI=1S/C24H28N2O5/c1-15(2)31-21-11-10-17(12-22(21)29-4)16(3)25-23(27)14-26-13-19(24(28)30-5)18-8-6-7-9-20(18)26/h6-13,15-16H,14H2,1-5H3,(H,25,27). The summed E-state index contributed by atoms with van der Waals surface area (Å²) in [6, 6.07) is 12.8. The predicted octanol–water partition coefficient (Wildman–Crippen LogP) is 4.10. The van der Waals surface area contributed by atoms with Gasteiger partial charge in [0.2, 0.25) is 5.91 Å². The number of nitrogens with zero attached hydrogens (tertiary/aromatic N) is 1. The number of carbonyl (C=O) groups is 2. The Balaban J connectivity index is 1.76. The number of rotatable bonds is 8. The van der Waals surface area contributed by atoms with Crippen LogP contribution in [0.1, 0.15) is 42.7 Å². The van der Waals surface area contributed by atoms with Crippen LogP contribution in [0.3, 0.4) is 0 Å². The molecule has 1 amide bonds. The molecule has 7 nitrogen and oxygen atoms in total. The van der Waals surface area contributed by atoms with Crippen molar-refractivity contribution in [3.8, 4) is 11.5 Å². The lowest BCUT2D eigenvalue weighted by Crippen LogP contribution is -2.30. The second kappa shape index (κ2) is 9.55. The molecule has 31 heavy (non-hydrogen) atoms. The third-order valence-electron chi connectivity index (χ3n) is 4.94. The first-order valence-electron chi connectivity index (χ1n) is 10.1. The van der Waals surface area contributed by atoms with E-state index in [1.165, 1.54) is 7.11 Å². The smallest absolute Gasteiger partial charge is 0.340 e. The molecule has 1 atom stereocenters. The quantitative estimate of drug-likeness (QED) is 0.551. The van der Waals surface area contributed by atoms with Gasteiger partial charge in [-0.2, -0.15) is 0 Å². The van der Waals surface area contributed by atoms with Crippen LogP contribution in [0.2, 0.25) is 0 Å². The summed E-state index contributed by atoms with van der Waals surface area (Å²) in [5.41, 5.74) is 2.13. The van der Waals surface area contributed by atoms with Crippen molar-refractivity contribution in [1.82, 2.24) is 9.88 Å². The molecule has 0 aliphatic carbocycles. The van der Waals surface area contributed by atoms with E-state index in [1.54, 1.807) is 17.9 Å². The highest BCUT2D eigenvalue weighted by Crippen LogP contribution is 2.31. The molecule has 0 fully saturated rings. The number of amides is 1. The normalized spacial score (nSPS) is 11.9. The summed E-state index contributed by atoms with van der Waals surface area (Å²) in [5.74, 6) is 0.672. The van der Waals surface area contributed by atoms with E-state index in [-0.39, 0.29) is 24.6 Å². The monoisotopic (exact) mass is 424 g/mol. The molecule has 3 aromatic rings. The Morgan fingerprint density at radius 1 is 1.03 bits per heavy atom. The van der Waals surface area contributed by atoms with Crippen LogP contribution in [0.15, 0.2) is 48.7 Å². The SMILES string of the molecule is COC(=O)c1cn(CC(=O)NC(C)c2ccc(OC(C)C)c(OC)c2)c2ccccc12. The predicted molar refractivity (Wildman–Crippen MR) is 119 cm³/mol. The third kappa shape index (κ3) is 4.99. The maximum atomic E-state index is 12.8. The lowest BCUT2D eigenvalue weighted by Gasteiger charge is -2.18. The van der Waals surface area contributed by atoms with Gasteiger partial charge in [-0.25, -0.2) is 4.79 Å². The minimum atomic E-state index is -0.431. The molecule has 0 aliphatic rings. The number of carbonyl (C=O) groups excluding carboxylic acids is 2. The van der Waals surface area contributed by atoms with E-state index in [0.29, 0.717) is 17.1 Å². The summed E-state index contributed by atoms with van der Waals surface area (Å²) in [4.78, 5) is 24.8. The van der Waals surface area contributed by atoms with E-state index < -0.39 is 5.97 Å². The van der Waals surface area contributed by atoms with Crippen LogP contribution < -0.4 is 14.8 Å². The zero-order chi connectivity index (χ0) is 22.5. The molecule has 164 valence electrons. The van der Waals surface area contributed by atoms with E-state index in [2.05, 4.69) is 5.32 Å². The molecule has 7 heteroatoms. The first-order valence-corrected chi connectivity index (χ1v) is 10.1. The number of ether oxygens (including phenoxy) is 3. The Kier molecular flexibility index (Phi) is 6.84. The molecule has 0 bridgehead atoms. The topological polar surface area (TPSA) is 78.8 Å². The molecule has 2 aromatic carbocycles. The van der Waals surface area contributed by atoms with Crippen molar-refractivity contribution < 1.29 is 23.8 Å². The van der Waals surface area contributed by atoms with Gasteiger partial charge in [-0.05, 0) is 44.5 Å². The molecular formula is C24H28N2O5. The number of aromatic nitrogens is 1. The van der Waals surface area contributed by atoms with Crippen LogP contribution in [0.25, 0.3) is 10.9 Å². The molecule has 0 spiro atoms. The Bertz CT molecular complexity index is 1090. The molecule has 0 saturated carbocycles. The average Bonchev–Trinajstić information content (AvgIpc) is 3.11. The summed E-state index contributed by atoms with van der Waals surface area (Å²) in [6.45, 7) is 5.89. The van der Waals surface area contributed by atoms with Gasteiger partial charge in [-0.3, -0.25) is 4.79 Å². The molecule has 1 heterocycles. The van der Waals surface area contributed by atoms with Gasteiger partial charge in [-0.1, -0.05) is 24.3 Å². The van der Waals surface area contributed by atoms with Crippen molar-refractivity contribution in [3.05, 3.63) is 59.8 Å². The summed E-state index contributed by atoms with van der Waals surface area (Å²) < 4.78 is 17.8. The number of para-hydroxylation sites is 1. The summed E-state index contributed by atoms with van der Waals surface area (Å²) in [5, 5.41) is 3.75. The fourth-order valence-corrected chi connectivity index (χ4v) is 3.48. The van der Waals surface area contributed by atoms with Crippen LogP contribution >= 0.6 is 0 Å². The van der Waals surface area contributed by atoms with Crippen LogP contribution in [-0.4, -0.2) is 36.8 Å². The largest absolute Gasteiger partial charge is 0.493 e. The second-order valence-corrected chi connectivity index (χ2v) is 7.55. The van der Waals surface area contributed by atoms with Crippen molar-refractivity contribution in [2.45, 2.75) is 39.5 Å². The Morgan fingerprint density at radius 2 is 1.77 bits per heavy atom. The fourth-order valence-electron chi connectivity index (χ4n) is 3.48. The molecule has 0 aliphatic heterocycles. The Labute approximate surface area is 181 Å². The Hall–Kier alpha value is -3.48. The van der Waals surface area contributed by atoms with E-state index in [1.807, 2.05) is 63.2 Å². The minimum absolute atomic E-state index is 0.0307. The Morgan fingerprint density at radius 3 is 2.45 bits per heavy atom. The van der Waals surface area contributed by atoms with Gasteiger partial charge in [0.05, 0.1) is 31.9 Å². The number of hydrogen-bond acceptors (Lipinski definition) is 5. The third-order valence-corrected chi connectivity index (χ3v) is 4.94. The molecule has 1 N–H and O–H groups in total. The molecular weight excluding hydrogens is 396 g/mol. The van der Waals surface area contributed by atoms with Gasteiger partial charge in [0.25, 0.3) is 0 Å². The van der Waals surface area contributed by atoms with Crippen LogP contribution in [-0.2, 0) is 16.1 Å². The van der Waals surface area contributed by atoms with Crippen molar-refractivity contribution >= 4 is 22.8 Å². The van der Waals surface area contributed by atoms with Crippen molar-refractivity contribution in [1.29, 1.82) is 0 Å². The van der Waals surface area contributed by atoms with Crippen molar-refractivity contribution in [2.75, 3.05) is 14.2 Å². The van der Waals surface area contributed by atoms with Crippen LogP contribution in [0.5, 0.6) is 11.5 Å². The summed E-state index contributed by atoms with van der Waals surface area (Å²) >= 11 is 0. The number of benzene rings is 2. The van der Waals surface area contributed by atoms with E-state index in [4.69, 9.17) is 14.2 Å². The highest BCUT2D eigenvalue weighted by atomic mass is 16.5. The summed E-state index contributed by atoms with van der Waals surface area (Å²) in [7, 11) is 2.93. The number of nitrogens with one attached hydrogen (secondary N) is 1. The zero-order valence-electron chi connectivity index (χ0n) is 18.5. The second-order valence-electron chi connectivity index (χ2n) is 7.55. The molecule has 0 saturated heterocycles. The first-order chi connectivity index (χ1) is 14.8. The van der Waals surface area contributed by atoms with Gasteiger partial charge in [0, 0.05) is 17.1 Å². The zero-order valence-corrected chi connectivity index (χ0v) is 18.5. The number of fused-ring (bicyclic) bond motifs is 1. The van der Waals surface area contributed by atoms with Gasteiger partial charge in [0.15, 0.2) is 11.5 Å². The van der Waals surface area contributed by atoms with E-state index >= 15 is 0 Å². The van der Waals surface area contributed by atoms with Crippen LogP contribution in [0, 0.1) is 0 Å². The lowest BCUT2D eigenvalue weighted by atomic mass is 10.1. The maximum absolute atomic E-state index is 12.8. The van der Waals surface area contributed by atoms with Gasteiger partial charge in [-0.15, -0.1) is 0 Å². The number of hydrogen-bond donors (Lipinski definition) is 1. The highest BCUT2D eigenvalue weighted by Gasteiger charge is 2.18. The number of methoxy groups -OCH3 is 2. The highest BCUT2D eigenvalue weighted by molar-refractivity contribution is 6.04. The molecule has 1 unspecified atom stereocenters. The van der Waals surface area contributed by atoms with Gasteiger partial charge in [0.1, 0.15) is 6.54 Å². The minimum Gasteiger partial charge on any atom is -0.493 e. The van der Waals surface area contributed by atoms with Crippen molar-refractivity contribution in [3.63, 3.8) is 0 Å². The van der Waals surface area contributed by atoms with E-state index in [9.17, 15) is 9.59 Å². The average molecular weight is 424 g/mol. The van der Waals surface area contributed by atoms with Crippen molar-refractivity contribution in [2.24, 2.45) is 0 Å². The molecule has 3 rings (SSSR count). The fraction of sp³-hybridized carbons (Fsp3) is 0.333. The molecule has 0 radical (unpaired) electrons. The maximum Gasteiger partial charge on any atom is 0.340 e. The van der Waals surface area contributed by atoms with E-state index in [0.717, 1.165) is 16.5 Å². The first kappa shape index (κ1) is 22.2. The van der Waals surface area contributed by atoms with Gasteiger partial charge < -0.3 is 24.1 Å². The van der Waals surface area contributed by atoms with Gasteiger partial charge >= 0.3 is 5.97 Å². The lowest BCUT2D eigenvalue weighted by molar-refractivity contribution is -0.122.